The van der Waals surface area contributed by atoms with Gasteiger partial charge in [-0.2, -0.15) is 5.26 Å². The molecular formula is C44H29N3Si. The lowest BCUT2D eigenvalue weighted by Gasteiger charge is -2.36. The number of rotatable bonds is 6. The van der Waals surface area contributed by atoms with E-state index < -0.39 is 8.07 Å². The van der Waals surface area contributed by atoms with E-state index in [4.69, 9.17) is 6.57 Å². The van der Waals surface area contributed by atoms with Crippen molar-refractivity contribution in [3.8, 4) is 22.9 Å². The van der Waals surface area contributed by atoms with Crippen LogP contribution >= 0.6 is 0 Å². The van der Waals surface area contributed by atoms with Gasteiger partial charge in [-0.3, -0.25) is 0 Å². The van der Waals surface area contributed by atoms with Crippen LogP contribution in [0.15, 0.2) is 176 Å². The maximum atomic E-state index is 9.61. The van der Waals surface area contributed by atoms with Gasteiger partial charge in [0, 0.05) is 16.5 Å². The van der Waals surface area contributed by atoms with E-state index in [9.17, 15) is 5.26 Å². The fourth-order valence-electron chi connectivity index (χ4n) is 7.38. The second-order valence-corrected chi connectivity index (χ2v) is 15.7. The highest BCUT2D eigenvalue weighted by molar-refractivity contribution is 7.20. The zero-order chi connectivity index (χ0) is 32.5. The number of fused-ring (bicyclic) bond motifs is 3. The van der Waals surface area contributed by atoms with Crippen molar-refractivity contribution in [2.45, 2.75) is 0 Å². The van der Waals surface area contributed by atoms with Crippen LogP contribution < -0.4 is 20.7 Å². The number of aromatic nitrogens is 1. The van der Waals surface area contributed by atoms with E-state index in [2.05, 4.69) is 155 Å². The summed E-state index contributed by atoms with van der Waals surface area (Å²) in [6.07, 6.45) is 0. The van der Waals surface area contributed by atoms with Crippen molar-refractivity contribution in [2.24, 2.45) is 0 Å². The van der Waals surface area contributed by atoms with Crippen LogP contribution in [0.1, 0.15) is 5.56 Å². The Balaban J connectivity index is 1.40. The molecule has 0 saturated heterocycles. The second kappa shape index (κ2) is 12.0. The van der Waals surface area contributed by atoms with Crippen molar-refractivity contribution < 1.29 is 0 Å². The zero-order valence-corrected chi connectivity index (χ0v) is 27.1. The number of nitriles is 1. The fourth-order valence-corrected chi connectivity index (χ4v) is 12.4. The molecule has 8 rings (SSSR count). The Morgan fingerprint density at radius 1 is 0.521 bits per heavy atom. The van der Waals surface area contributed by atoms with Gasteiger partial charge in [-0.15, -0.1) is 0 Å². The smallest absolute Gasteiger partial charge is 0.196 e. The summed E-state index contributed by atoms with van der Waals surface area (Å²) in [6.45, 7) is 8.44. The average Bonchev–Trinajstić information content (AvgIpc) is 3.50. The maximum Gasteiger partial charge on any atom is 0.196 e. The summed E-state index contributed by atoms with van der Waals surface area (Å²) in [5, 5.41) is 16.8. The SMILES string of the molecule is [C-]#[N+]c1cc(-n2c3ccccc3c3cc(C#N)ccc32)ccc1-c1ccccc1[Si](c1ccccc1)(c1ccccc1)c1ccccc1. The van der Waals surface area contributed by atoms with E-state index in [1.165, 1.54) is 20.7 Å². The van der Waals surface area contributed by atoms with Gasteiger partial charge in [0.05, 0.1) is 29.2 Å². The number of para-hydroxylation sites is 1. The van der Waals surface area contributed by atoms with Gasteiger partial charge >= 0.3 is 0 Å². The zero-order valence-electron chi connectivity index (χ0n) is 26.1. The summed E-state index contributed by atoms with van der Waals surface area (Å²) < 4.78 is 2.20. The number of hydrogen-bond acceptors (Lipinski definition) is 1. The number of benzene rings is 7. The first-order chi connectivity index (χ1) is 23.7. The Kier molecular flexibility index (Phi) is 7.27. The van der Waals surface area contributed by atoms with Crippen LogP contribution in [0.3, 0.4) is 0 Å². The van der Waals surface area contributed by atoms with E-state index in [1.807, 2.05) is 36.4 Å². The molecule has 0 atom stereocenters. The third-order valence-corrected chi connectivity index (χ3v) is 14.2. The molecule has 1 heterocycles. The molecule has 0 amide bonds. The Bertz CT molecular complexity index is 2430. The molecule has 48 heavy (non-hydrogen) atoms. The Hall–Kier alpha value is -6.46. The molecule has 0 spiro atoms. The van der Waals surface area contributed by atoms with Gasteiger partial charge in [0.15, 0.2) is 13.8 Å². The molecule has 0 aliphatic heterocycles. The first-order valence-electron chi connectivity index (χ1n) is 16.0. The first kappa shape index (κ1) is 29.0. The molecule has 224 valence electrons. The van der Waals surface area contributed by atoms with Crippen LogP contribution in [0.4, 0.5) is 5.69 Å². The van der Waals surface area contributed by atoms with Gasteiger partial charge in [-0.05, 0) is 68.3 Å². The van der Waals surface area contributed by atoms with Gasteiger partial charge < -0.3 is 4.57 Å². The molecule has 1 aromatic heterocycles. The lowest BCUT2D eigenvalue weighted by atomic mass is 10.0. The summed E-state index contributed by atoms with van der Waals surface area (Å²) >= 11 is 0. The molecule has 3 nitrogen and oxygen atoms in total. The summed E-state index contributed by atoms with van der Waals surface area (Å²) in [5.74, 6) is 0. The average molecular weight is 628 g/mol. The third-order valence-electron chi connectivity index (χ3n) is 9.40. The standard InChI is InChI=1S/C44H29N3Si/c1-46-41-30-33(47-42-23-13-11-21-38(42)40-29-32(31-45)25-28-43(40)47)26-27-37(41)39-22-12-14-24-44(39)48(34-15-5-2-6-16-34,35-17-7-3-8-18-35)36-19-9-4-10-20-36/h2-30H. The highest BCUT2D eigenvalue weighted by Crippen LogP contribution is 2.37. The highest BCUT2D eigenvalue weighted by Gasteiger charge is 2.42. The molecule has 0 saturated carbocycles. The molecule has 0 unspecified atom stereocenters. The molecule has 4 heteroatoms. The van der Waals surface area contributed by atoms with Crippen LogP contribution in [0.5, 0.6) is 0 Å². The van der Waals surface area contributed by atoms with Crippen molar-refractivity contribution in [3.63, 3.8) is 0 Å². The van der Waals surface area contributed by atoms with E-state index in [1.54, 1.807) is 0 Å². The lowest BCUT2D eigenvalue weighted by Crippen LogP contribution is -2.75. The van der Waals surface area contributed by atoms with Crippen LogP contribution in [-0.4, -0.2) is 12.6 Å². The molecule has 0 aliphatic carbocycles. The second-order valence-electron chi connectivity index (χ2n) is 11.9. The largest absolute Gasteiger partial charge is 0.311 e. The highest BCUT2D eigenvalue weighted by atomic mass is 28.3. The van der Waals surface area contributed by atoms with Crippen molar-refractivity contribution in [2.75, 3.05) is 0 Å². The van der Waals surface area contributed by atoms with E-state index in [0.29, 0.717) is 11.3 Å². The third kappa shape index (κ3) is 4.55. The quantitative estimate of drug-likeness (QED) is 0.104. The summed E-state index contributed by atoms with van der Waals surface area (Å²) in [6, 6.07) is 63.9. The van der Waals surface area contributed by atoms with Crippen LogP contribution in [0.2, 0.25) is 0 Å². The number of nitrogens with zero attached hydrogens (tertiary/aromatic N) is 3. The van der Waals surface area contributed by atoms with Crippen molar-refractivity contribution in [1.82, 2.24) is 4.57 Å². The molecule has 8 aromatic rings. The molecule has 0 bridgehead atoms. The first-order valence-corrected chi connectivity index (χ1v) is 18.0. The van der Waals surface area contributed by atoms with Crippen molar-refractivity contribution in [3.05, 3.63) is 193 Å². The van der Waals surface area contributed by atoms with E-state index in [-0.39, 0.29) is 0 Å². The molecule has 0 N–H and O–H groups in total. The molecular weight excluding hydrogens is 599 g/mol. The molecule has 0 radical (unpaired) electrons. The Morgan fingerprint density at radius 2 is 1.08 bits per heavy atom. The van der Waals surface area contributed by atoms with Crippen molar-refractivity contribution >= 4 is 56.3 Å². The number of hydrogen-bond donors (Lipinski definition) is 0. The molecule has 0 aliphatic rings. The molecule has 7 aromatic carbocycles. The Morgan fingerprint density at radius 3 is 1.71 bits per heavy atom. The van der Waals surface area contributed by atoms with Gasteiger partial charge in [0.25, 0.3) is 0 Å². The summed E-state index contributed by atoms with van der Waals surface area (Å²) in [5.41, 5.74) is 6.16. The predicted octanol–water partition coefficient (Wildman–Crippen LogP) is 8.25. The maximum absolute atomic E-state index is 9.61. The normalized spacial score (nSPS) is 11.3. The minimum atomic E-state index is -2.85. The minimum absolute atomic E-state index is 0.594. The monoisotopic (exact) mass is 627 g/mol. The predicted molar refractivity (Wildman–Crippen MR) is 201 cm³/mol. The summed E-state index contributed by atoms with van der Waals surface area (Å²) in [4.78, 5) is 4.16. The van der Waals surface area contributed by atoms with Gasteiger partial charge in [0.2, 0.25) is 0 Å². The van der Waals surface area contributed by atoms with Crippen molar-refractivity contribution in [1.29, 1.82) is 5.26 Å². The molecule has 0 fully saturated rings. The summed E-state index contributed by atoms with van der Waals surface area (Å²) in [7, 11) is -2.85. The van der Waals surface area contributed by atoms with E-state index >= 15 is 0 Å². The topological polar surface area (TPSA) is 33.1 Å². The Labute approximate surface area is 281 Å². The van der Waals surface area contributed by atoms with Gasteiger partial charge in [-0.25, -0.2) is 4.85 Å². The van der Waals surface area contributed by atoms with E-state index in [0.717, 1.165) is 38.6 Å². The van der Waals surface area contributed by atoms with Crippen LogP contribution in [-0.2, 0) is 0 Å². The van der Waals surface area contributed by atoms with Gasteiger partial charge in [0.1, 0.15) is 0 Å². The van der Waals surface area contributed by atoms with Crippen LogP contribution in [0, 0.1) is 17.9 Å². The minimum Gasteiger partial charge on any atom is -0.311 e. The lowest BCUT2D eigenvalue weighted by molar-refractivity contribution is 1.18. The van der Waals surface area contributed by atoms with Crippen LogP contribution in [0.25, 0.3) is 43.5 Å². The fraction of sp³-hybridized carbons (Fsp3) is 0. The van der Waals surface area contributed by atoms with Gasteiger partial charge in [-0.1, -0.05) is 140 Å².